The summed E-state index contributed by atoms with van der Waals surface area (Å²) in [5, 5.41) is 0. The third-order valence-corrected chi connectivity index (χ3v) is 4.33. The van der Waals surface area contributed by atoms with Crippen molar-refractivity contribution in [3.63, 3.8) is 0 Å². The molecule has 2 aliphatic heterocycles. The molecule has 2 N–H and O–H groups in total. The molecule has 0 amide bonds. The average molecular weight is 225 g/mol. The first-order chi connectivity index (χ1) is 7.75. The molecule has 3 heteroatoms. The molecule has 2 rings (SSSR count). The summed E-state index contributed by atoms with van der Waals surface area (Å²) < 4.78 is 0. The normalized spacial score (nSPS) is 30.8. The SMILES string of the molecule is CN1CCCCC1CCN1CCC(N)CC1. The van der Waals surface area contributed by atoms with Crippen molar-refractivity contribution in [3.8, 4) is 0 Å². The first-order valence-corrected chi connectivity index (χ1v) is 6.94. The van der Waals surface area contributed by atoms with Crippen molar-refractivity contribution in [2.45, 2.75) is 50.6 Å². The van der Waals surface area contributed by atoms with Gasteiger partial charge in [-0.15, -0.1) is 0 Å². The molecule has 2 saturated heterocycles. The Bertz CT molecular complexity index is 199. The molecule has 1 unspecified atom stereocenters. The van der Waals surface area contributed by atoms with Crippen LogP contribution in [-0.2, 0) is 0 Å². The Balaban J connectivity index is 1.66. The Morgan fingerprint density at radius 1 is 1.06 bits per heavy atom. The number of rotatable bonds is 3. The summed E-state index contributed by atoms with van der Waals surface area (Å²) in [6, 6.07) is 1.30. The zero-order chi connectivity index (χ0) is 11.4. The zero-order valence-electron chi connectivity index (χ0n) is 10.7. The van der Waals surface area contributed by atoms with Crippen molar-refractivity contribution in [2.24, 2.45) is 5.73 Å². The van der Waals surface area contributed by atoms with Gasteiger partial charge in [0.2, 0.25) is 0 Å². The molecule has 0 aliphatic carbocycles. The van der Waals surface area contributed by atoms with Gasteiger partial charge >= 0.3 is 0 Å². The molecule has 0 saturated carbocycles. The van der Waals surface area contributed by atoms with E-state index in [4.69, 9.17) is 5.73 Å². The molecule has 1 atom stereocenters. The molecule has 0 aromatic carbocycles. The van der Waals surface area contributed by atoms with Crippen LogP contribution in [-0.4, -0.2) is 55.1 Å². The fourth-order valence-electron chi connectivity index (χ4n) is 3.02. The number of nitrogens with two attached hydrogens (primary N) is 1. The minimum Gasteiger partial charge on any atom is -0.328 e. The third kappa shape index (κ3) is 3.44. The third-order valence-electron chi connectivity index (χ3n) is 4.33. The fourth-order valence-corrected chi connectivity index (χ4v) is 3.02. The molecular formula is C13H27N3. The Hall–Kier alpha value is -0.120. The highest BCUT2D eigenvalue weighted by atomic mass is 15.2. The summed E-state index contributed by atoms with van der Waals surface area (Å²) in [7, 11) is 2.29. The Kier molecular flexibility index (Phi) is 4.62. The van der Waals surface area contributed by atoms with Crippen molar-refractivity contribution in [1.29, 1.82) is 0 Å². The van der Waals surface area contributed by atoms with Crippen LogP contribution >= 0.6 is 0 Å². The molecule has 2 heterocycles. The van der Waals surface area contributed by atoms with E-state index in [2.05, 4.69) is 16.8 Å². The monoisotopic (exact) mass is 225 g/mol. The molecule has 3 nitrogen and oxygen atoms in total. The molecule has 0 aromatic rings. The molecule has 2 aliphatic rings. The van der Waals surface area contributed by atoms with E-state index < -0.39 is 0 Å². The van der Waals surface area contributed by atoms with Crippen LogP contribution in [0.25, 0.3) is 0 Å². The second-order valence-corrected chi connectivity index (χ2v) is 5.60. The number of nitrogens with zero attached hydrogens (tertiary/aromatic N) is 2. The van der Waals surface area contributed by atoms with E-state index in [-0.39, 0.29) is 0 Å². The van der Waals surface area contributed by atoms with Crippen molar-refractivity contribution in [2.75, 3.05) is 33.2 Å². The van der Waals surface area contributed by atoms with Gasteiger partial charge in [-0.3, -0.25) is 0 Å². The lowest BCUT2D eigenvalue weighted by Crippen LogP contribution is -2.43. The molecule has 0 radical (unpaired) electrons. The summed E-state index contributed by atoms with van der Waals surface area (Å²) >= 11 is 0. The topological polar surface area (TPSA) is 32.5 Å². The van der Waals surface area contributed by atoms with Gasteiger partial charge in [-0.25, -0.2) is 0 Å². The average Bonchev–Trinajstić information content (AvgIpc) is 2.30. The van der Waals surface area contributed by atoms with Crippen LogP contribution in [0.5, 0.6) is 0 Å². The summed E-state index contributed by atoms with van der Waals surface area (Å²) in [6.45, 7) is 5.02. The fraction of sp³-hybridized carbons (Fsp3) is 1.00. The maximum absolute atomic E-state index is 5.92. The molecule has 0 bridgehead atoms. The minimum atomic E-state index is 0.466. The Morgan fingerprint density at radius 2 is 1.81 bits per heavy atom. The summed E-state index contributed by atoms with van der Waals surface area (Å²) in [5.41, 5.74) is 5.92. The zero-order valence-corrected chi connectivity index (χ0v) is 10.7. The molecule has 2 fully saturated rings. The second-order valence-electron chi connectivity index (χ2n) is 5.60. The molecular weight excluding hydrogens is 198 g/mol. The summed E-state index contributed by atoms with van der Waals surface area (Å²) in [4.78, 5) is 5.16. The van der Waals surface area contributed by atoms with Crippen LogP contribution in [0, 0.1) is 0 Å². The predicted octanol–water partition coefficient (Wildman–Crippen LogP) is 1.28. The van der Waals surface area contributed by atoms with Crippen molar-refractivity contribution in [3.05, 3.63) is 0 Å². The van der Waals surface area contributed by atoms with Gasteiger partial charge in [-0.1, -0.05) is 6.42 Å². The number of hydrogen-bond donors (Lipinski definition) is 1. The van der Waals surface area contributed by atoms with Gasteiger partial charge in [0.1, 0.15) is 0 Å². The second kappa shape index (κ2) is 5.99. The first-order valence-electron chi connectivity index (χ1n) is 6.94. The van der Waals surface area contributed by atoms with Crippen LogP contribution in [0.15, 0.2) is 0 Å². The molecule has 94 valence electrons. The lowest BCUT2D eigenvalue weighted by atomic mass is 9.99. The van der Waals surface area contributed by atoms with Crippen molar-refractivity contribution < 1.29 is 0 Å². The van der Waals surface area contributed by atoms with E-state index in [1.165, 1.54) is 64.7 Å². The maximum atomic E-state index is 5.92. The lowest BCUT2D eigenvalue weighted by molar-refractivity contribution is 0.142. The van der Waals surface area contributed by atoms with Gasteiger partial charge in [0, 0.05) is 12.1 Å². The van der Waals surface area contributed by atoms with Gasteiger partial charge in [-0.2, -0.15) is 0 Å². The highest BCUT2D eigenvalue weighted by molar-refractivity contribution is 4.78. The van der Waals surface area contributed by atoms with Crippen molar-refractivity contribution in [1.82, 2.24) is 9.80 Å². The number of hydrogen-bond acceptors (Lipinski definition) is 3. The summed E-state index contributed by atoms with van der Waals surface area (Å²) in [6.07, 6.45) is 7.97. The molecule has 16 heavy (non-hydrogen) atoms. The van der Waals surface area contributed by atoms with Gasteiger partial charge in [0.15, 0.2) is 0 Å². The van der Waals surface area contributed by atoms with Gasteiger partial charge < -0.3 is 15.5 Å². The molecule has 0 spiro atoms. The number of piperidine rings is 2. The van der Waals surface area contributed by atoms with Gasteiger partial charge in [-0.05, 0) is 65.3 Å². The highest BCUT2D eigenvalue weighted by Crippen LogP contribution is 2.19. The van der Waals surface area contributed by atoms with E-state index >= 15 is 0 Å². The van der Waals surface area contributed by atoms with Gasteiger partial charge in [0.25, 0.3) is 0 Å². The van der Waals surface area contributed by atoms with E-state index in [0.29, 0.717) is 6.04 Å². The first kappa shape index (κ1) is 12.3. The standard InChI is InChI=1S/C13H27N3/c1-15-8-3-2-4-13(15)7-11-16-9-5-12(14)6-10-16/h12-13H,2-11,14H2,1H3. The highest BCUT2D eigenvalue weighted by Gasteiger charge is 2.21. The van der Waals surface area contributed by atoms with Crippen molar-refractivity contribution >= 4 is 0 Å². The van der Waals surface area contributed by atoms with E-state index in [1.54, 1.807) is 0 Å². The Labute approximate surface area is 100.0 Å². The predicted molar refractivity (Wildman–Crippen MR) is 68.5 cm³/mol. The van der Waals surface area contributed by atoms with Crippen LogP contribution in [0.4, 0.5) is 0 Å². The summed E-state index contributed by atoms with van der Waals surface area (Å²) in [5.74, 6) is 0. The van der Waals surface area contributed by atoms with Gasteiger partial charge in [0.05, 0.1) is 0 Å². The van der Waals surface area contributed by atoms with Crippen LogP contribution < -0.4 is 5.73 Å². The Morgan fingerprint density at radius 3 is 2.50 bits per heavy atom. The van der Waals surface area contributed by atoms with Crippen LogP contribution in [0.2, 0.25) is 0 Å². The lowest BCUT2D eigenvalue weighted by Gasteiger charge is -2.35. The number of likely N-dealkylation sites (tertiary alicyclic amines) is 2. The maximum Gasteiger partial charge on any atom is 0.0104 e. The van der Waals surface area contributed by atoms with Crippen LogP contribution in [0.1, 0.15) is 38.5 Å². The van der Waals surface area contributed by atoms with E-state index in [1.807, 2.05) is 0 Å². The quantitative estimate of drug-likeness (QED) is 0.785. The molecule has 0 aromatic heterocycles. The smallest absolute Gasteiger partial charge is 0.0104 e. The van der Waals surface area contributed by atoms with E-state index in [9.17, 15) is 0 Å². The minimum absolute atomic E-state index is 0.466. The van der Waals surface area contributed by atoms with E-state index in [0.717, 1.165) is 6.04 Å². The largest absolute Gasteiger partial charge is 0.328 e. The van der Waals surface area contributed by atoms with Crippen LogP contribution in [0.3, 0.4) is 0 Å².